The molecule has 0 saturated heterocycles. The second kappa shape index (κ2) is 7.35. The molecule has 31 heavy (non-hydrogen) atoms. The summed E-state index contributed by atoms with van der Waals surface area (Å²) in [4.78, 5) is 36.7. The van der Waals surface area contributed by atoms with Crippen molar-refractivity contribution in [2.24, 2.45) is 14.1 Å². The van der Waals surface area contributed by atoms with Crippen molar-refractivity contribution in [3.8, 4) is 16.9 Å². The van der Waals surface area contributed by atoms with Gasteiger partial charge in [-0.05, 0) is 43.2 Å². The van der Waals surface area contributed by atoms with E-state index < -0.39 is 16.2 Å². The van der Waals surface area contributed by atoms with E-state index in [0.717, 1.165) is 21.4 Å². The van der Waals surface area contributed by atoms with Gasteiger partial charge in [0.05, 0.1) is 21.5 Å². The Bertz CT molecular complexity index is 1510. The maximum Gasteiger partial charge on any atom is 0.330 e. The third kappa shape index (κ3) is 3.21. The lowest BCUT2D eigenvalue weighted by Crippen LogP contribution is -2.36. The van der Waals surface area contributed by atoms with Crippen LogP contribution in [0.25, 0.3) is 27.8 Å². The Hall–Kier alpha value is -3.46. The summed E-state index contributed by atoms with van der Waals surface area (Å²) in [6.07, 6.45) is 1.73. The van der Waals surface area contributed by atoms with Gasteiger partial charge in [-0.3, -0.25) is 24.0 Å². The minimum absolute atomic E-state index is 0.0965. The van der Waals surface area contributed by atoms with Crippen molar-refractivity contribution < 1.29 is 4.92 Å². The highest BCUT2D eigenvalue weighted by Crippen LogP contribution is 2.37. The van der Waals surface area contributed by atoms with Crippen molar-refractivity contribution in [1.29, 1.82) is 0 Å². The summed E-state index contributed by atoms with van der Waals surface area (Å²) >= 11 is 3.48. The van der Waals surface area contributed by atoms with E-state index >= 15 is 0 Å². The first-order valence-corrected chi connectivity index (χ1v) is 10.2. The van der Waals surface area contributed by atoms with Crippen LogP contribution in [0.3, 0.4) is 0 Å². The van der Waals surface area contributed by atoms with Gasteiger partial charge in [0.15, 0.2) is 0 Å². The summed E-state index contributed by atoms with van der Waals surface area (Å²) in [5.74, 6) is 0. The lowest BCUT2D eigenvalue weighted by molar-refractivity contribution is -0.384. The molecule has 4 aromatic rings. The van der Waals surface area contributed by atoms with E-state index in [2.05, 4.69) is 15.9 Å². The van der Waals surface area contributed by atoms with E-state index in [9.17, 15) is 19.7 Å². The highest BCUT2D eigenvalue weighted by atomic mass is 79.9. The van der Waals surface area contributed by atoms with Gasteiger partial charge in [-0.15, -0.1) is 0 Å². The van der Waals surface area contributed by atoms with Crippen molar-refractivity contribution in [3.63, 3.8) is 0 Å². The van der Waals surface area contributed by atoms with Crippen LogP contribution in [-0.2, 0) is 14.1 Å². The largest absolute Gasteiger partial charge is 0.330 e. The average molecular weight is 483 g/mol. The smallest absolute Gasteiger partial charge is 0.314 e. The van der Waals surface area contributed by atoms with E-state index in [0.29, 0.717) is 26.6 Å². The molecule has 9 heteroatoms. The Morgan fingerprint density at radius 2 is 1.68 bits per heavy atom. The maximum absolute atomic E-state index is 13.2. The zero-order chi connectivity index (χ0) is 22.6. The Kier molecular flexibility index (Phi) is 4.93. The molecule has 0 aliphatic carbocycles. The van der Waals surface area contributed by atoms with E-state index in [1.165, 1.54) is 23.7 Å². The lowest BCUT2D eigenvalue weighted by Gasteiger charge is -2.13. The summed E-state index contributed by atoms with van der Waals surface area (Å²) in [6.45, 7) is 3.99. The van der Waals surface area contributed by atoms with Crippen molar-refractivity contribution >= 4 is 32.5 Å². The molecular weight excluding hydrogens is 464 g/mol. The van der Waals surface area contributed by atoms with E-state index in [1.54, 1.807) is 19.3 Å². The van der Waals surface area contributed by atoms with Crippen LogP contribution in [0.4, 0.5) is 5.69 Å². The molecule has 8 nitrogen and oxygen atoms in total. The van der Waals surface area contributed by atoms with E-state index in [1.807, 2.05) is 36.6 Å². The first-order chi connectivity index (χ1) is 14.6. The number of rotatable bonds is 3. The van der Waals surface area contributed by atoms with Crippen molar-refractivity contribution in [3.05, 3.63) is 89.1 Å². The molecule has 0 amide bonds. The number of benzene rings is 2. The molecule has 2 heterocycles. The van der Waals surface area contributed by atoms with Gasteiger partial charge in [0.2, 0.25) is 0 Å². The van der Waals surface area contributed by atoms with Crippen LogP contribution in [-0.4, -0.2) is 18.6 Å². The highest BCUT2D eigenvalue weighted by molar-refractivity contribution is 9.10. The summed E-state index contributed by atoms with van der Waals surface area (Å²) in [5, 5.41) is 11.7. The van der Waals surface area contributed by atoms with Gasteiger partial charge < -0.3 is 4.57 Å². The van der Waals surface area contributed by atoms with Crippen LogP contribution >= 0.6 is 15.9 Å². The molecule has 0 N–H and O–H groups in total. The maximum atomic E-state index is 13.2. The molecular formula is C22H19BrN4O4. The van der Waals surface area contributed by atoms with Crippen LogP contribution in [0.2, 0.25) is 0 Å². The number of nitrogens with zero attached hydrogens (tertiary/aromatic N) is 4. The molecule has 2 aromatic heterocycles. The van der Waals surface area contributed by atoms with Gasteiger partial charge in [-0.2, -0.15) is 0 Å². The predicted molar refractivity (Wildman–Crippen MR) is 123 cm³/mol. The Morgan fingerprint density at radius 3 is 2.32 bits per heavy atom. The number of aryl methyl sites for hydroxylation is 3. The standard InChI is InChI=1S/C22H19BrN4O4/c1-12-5-6-14(9-13(12)2)26-11-18-19(21(28)25(4)22(29)24(18)3)20(26)16-10-15(27(30)31)7-8-17(16)23/h5-11H,1-4H3. The number of nitro benzene ring substituents is 1. The Balaban J connectivity index is 2.23. The molecule has 0 atom stereocenters. The monoisotopic (exact) mass is 482 g/mol. The number of aromatic nitrogens is 3. The minimum atomic E-state index is -0.477. The van der Waals surface area contributed by atoms with Crippen molar-refractivity contribution in [2.75, 3.05) is 0 Å². The van der Waals surface area contributed by atoms with Crippen LogP contribution in [0, 0.1) is 24.0 Å². The fourth-order valence-corrected chi connectivity index (χ4v) is 4.13. The predicted octanol–water partition coefficient (Wildman–Crippen LogP) is 3.98. The average Bonchev–Trinajstić information content (AvgIpc) is 3.13. The highest BCUT2D eigenvalue weighted by Gasteiger charge is 2.23. The fourth-order valence-electron chi connectivity index (χ4n) is 3.69. The first-order valence-electron chi connectivity index (χ1n) is 9.44. The van der Waals surface area contributed by atoms with Gasteiger partial charge in [0.25, 0.3) is 11.2 Å². The zero-order valence-corrected chi connectivity index (χ0v) is 18.9. The Morgan fingerprint density at radius 1 is 0.968 bits per heavy atom. The van der Waals surface area contributed by atoms with Crippen LogP contribution in [0.5, 0.6) is 0 Å². The van der Waals surface area contributed by atoms with E-state index in [-0.39, 0.29) is 5.69 Å². The SMILES string of the molecule is Cc1ccc(-n2cc3c(c2-c2cc([N+](=O)[O-])ccc2Br)c(=O)n(C)c(=O)n3C)cc1C. The second-order valence-corrected chi connectivity index (χ2v) is 8.36. The van der Waals surface area contributed by atoms with Crippen molar-refractivity contribution in [1.82, 2.24) is 13.7 Å². The quantitative estimate of drug-likeness (QED) is 0.326. The summed E-state index contributed by atoms with van der Waals surface area (Å²) in [6, 6.07) is 10.3. The van der Waals surface area contributed by atoms with Crippen molar-refractivity contribution in [2.45, 2.75) is 13.8 Å². The number of non-ortho nitro benzene ring substituents is 1. The minimum Gasteiger partial charge on any atom is -0.314 e. The molecule has 0 saturated carbocycles. The van der Waals surface area contributed by atoms with Gasteiger partial charge in [0.1, 0.15) is 0 Å². The number of nitro groups is 1. The van der Waals surface area contributed by atoms with Crippen LogP contribution in [0.1, 0.15) is 11.1 Å². The van der Waals surface area contributed by atoms with E-state index in [4.69, 9.17) is 0 Å². The topological polar surface area (TPSA) is 92.1 Å². The molecule has 2 aromatic carbocycles. The third-order valence-electron chi connectivity index (χ3n) is 5.62. The summed E-state index contributed by atoms with van der Waals surface area (Å²) in [5.41, 5.74) is 3.35. The fraction of sp³-hybridized carbons (Fsp3) is 0.182. The molecule has 0 radical (unpaired) electrons. The van der Waals surface area contributed by atoms with Gasteiger partial charge in [-0.25, -0.2) is 4.79 Å². The normalized spacial score (nSPS) is 11.3. The molecule has 0 bridgehead atoms. The summed E-state index contributed by atoms with van der Waals surface area (Å²) in [7, 11) is 3.02. The third-order valence-corrected chi connectivity index (χ3v) is 6.31. The molecule has 4 rings (SSSR count). The molecule has 0 unspecified atom stereocenters. The molecule has 158 valence electrons. The number of hydrogen-bond acceptors (Lipinski definition) is 4. The second-order valence-electron chi connectivity index (χ2n) is 7.50. The number of halogens is 1. The lowest BCUT2D eigenvalue weighted by atomic mass is 10.1. The van der Waals surface area contributed by atoms with Gasteiger partial charge in [-0.1, -0.05) is 22.0 Å². The first kappa shape index (κ1) is 20.8. The molecule has 0 spiro atoms. The molecule has 0 aliphatic heterocycles. The van der Waals surface area contributed by atoms with Gasteiger partial charge in [0, 0.05) is 48.1 Å². The molecule has 0 aliphatic rings. The zero-order valence-electron chi connectivity index (χ0n) is 17.3. The summed E-state index contributed by atoms with van der Waals surface area (Å²) < 4.78 is 4.85. The number of fused-ring (bicyclic) bond motifs is 1. The number of hydrogen-bond donors (Lipinski definition) is 0. The van der Waals surface area contributed by atoms with Crippen LogP contribution < -0.4 is 11.2 Å². The Labute approximate surface area is 185 Å². The van der Waals surface area contributed by atoms with Crippen LogP contribution in [0.15, 0.2) is 56.7 Å². The molecule has 0 fully saturated rings. The van der Waals surface area contributed by atoms with Gasteiger partial charge >= 0.3 is 5.69 Å².